The molecule has 9 nitrogen and oxygen atoms in total. The molecule has 7 atom stereocenters. The number of amides is 3. The van der Waals surface area contributed by atoms with E-state index in [1.165, 1.54) is 4.90 Å². The number of hydrogen-bond acceptors (Lipinski definition) is 6. The minimum Gasteiger partial charge on any atom is -0.497 e. The first-order valence-electron chi connectivity index (χ1n) is 14.6. The summed E-state index contributed by atoms with van der Waals surface area (Å²) in [5.41, 5.74) is 0.0187. The molecule has 4 heterocycles. The lowest BCUT2D eigenvalue weighted by atomic mass is 9.77. The molecule has 42 heavy (non-hydrogen) atoms. The number of nitrogens with zero attached hydrogens (tertiary/aromatic N) is 3. The first kappa shape index (κ1) is 28.2. The maximum Gasteiger partial charge on any atom is 0.253 e. The summed E-state index contributed by atoms with van der Waals surface area (Å²) in [6.45, 7) is 4.27. The van der Waals surface area contributed by atoms with Crippen molar-refractivity contribution in [1.29, 1.82) is 0 Å². The first-order chi connectivity index (χ1) is 20.4. The topological polar surface area (TPSA) is 99.6 Å². The van der Waals surface area contributed by atoms with Crippen molar-refractivity contribution < 1.29 is 29.0 Å². The van der Waals surface area contributed by atoms with E-state index in [1.807, 2.05) is 80.6 Å². The summed E-state index contributed by atoms with van der Waals surface area (Å²) < 4.78 is 12.1. The third-order valence-electron chi connectivity index (χ3n) is 9.39. The summed E-state index contributed by atoms with van der Waals surface area (Å²) in [7, 11) is 1.58. The van der Waals surface area contributed by atoms with Crippen molar-refractivity contribution in [3.8, 4) is 5.75 Å². The Kier molecular flexibility index (Phi) is 7.41. The minimum absolute atomic E-state index is 0.0920. The van der Waals surface area contributed by atoms with Crippen LogP contribution < -0.4 is 14.5 Å². The van der Waals surface area contributed by atoms with E-state index >= 15 is 0 Å². The Balaban J connectivity index is 1.47. The molecule has 1 N–H and O–H groups in total. The van der Waals surface area contributed by atoms with E-state index in [4.69, 9.17) is 9.47 Å². The van der Waals surface area contributed by atoms with Gasteiger partial charge in [-0.15, -0.1) is 0 Å². The fourth-order valence-electron chi connectivity index (χ4n) is 7.08. The van der Waals surface area contributed by atoms with Gasteiger partial charge in [-0.25, -0.2) is 0 Å². The van der Waals surface area contributed by atoms with E-state index < -0.39 is 35.6 Å². The lowest BCUT2D eigenvalue weighted by Gasteiger charge is -2.40. The van der Waals surface area contributed by atoms with Crippen LogP contribution in [0.5, 0.6) is 5.75 Å². The molecular formula is C33H37N3O6. The minimum atomic E-state index is -1.37. The van der Waals surface area contributed by atoms with E-state index in [2.05, 4.69) is 0 Å². The summed E-state index contributed by atoms with van der Waals surface area (Å²) in [4.78, 5) is 48.4. The van der Waals surface area contributed by atoms with Crippen molar-refractivity contribution in [3.63, 3.8) is 0 Å². The summed E-state index contributed by atoms with van der Waals surface area (Å²) in [5.74, 6) is -2.05. The average Bonchev–Trinajstić information content (AvgIpc) is 3.33. The third kappa shape index (κ3) is 4.25. The van der Waals surface area contributed by atoms with Gasteiger partial charge < -0.3 is 29.3 Å². The zero-order valence-corrected chi connectivity index (χ0v) is 24.1. The summed E-state index contributed by atoms with van der Waals surface area (Å²) in [6, 6.07) is 14.9. The van der Waals surface area contributed by atoms with E-state index in [9.17, 15) is 19.5 Å². The van der Waals surface area contributed by atoms with Crippen molar-refractivity contribution in [2.75, 3.05) is 36.6 Å². The van der Waals surface area contributed by atoms with Crippen LogP contribution in [-0.4, -0.2) is 78.3 Å². The molecule has 2 saturated heterocycles. The van der Waals surface area contributed by atoms with Crippen LogP contribution in [0.4, 0.5) is 11.4 Å². The lowest BCUT2D eigenvalue weighted by molar-refractivity contribution is -0.145. The largest absolute Gasteiger partial charge is 0.497 e. The van der Waals surface area contributed by atoms with Gasteiger partial charge in [0, 0.05) is 24.5 Å². The Labute approximate surface area is 246 Å². The number of anilines is 2. The van der Waals surface area contributed by atoms with Crippen LogP contribution in [0, 0.1) is 17.8 Å². The summed E-state index contributed by atoms with van der Waals surface area (Å²) in [6.07, 6.45) is 7.46. The molecule has 0 saturated carbocycles. The van der Waals surface area contributed by atoms with Crippen LogP contribution in [0.15, 0.2) is 78.9 Å². The molecule has 3 amide bonds. The van der Waals surface area contributed by atoms with Gasteiger partial charge in [-0.05, 0) is 42.3 Å². The smallest absolute Gasteiger partial charge is 0.253 e. The molecule has 0 aromatic heterocycles. The zero-order chi connectivity index (χ0) is 29.6. The normalized spacial score (nSPS) is 30.0. The van der Waals surface area contributed by atoms with Gasteiger partial charge in [0.2, 0.25) is 11.8 Å². The lowest BCUT2D eigenvalue weighted by Crippen LogP contribution is -2.59. The second kappa shape index (κ2) is 11.0. The van der Waals surface area contributed by atoms with Crippen molar-refractivity contribution in [2.24, 2.45) is 17.8 Å². The fourth-order valence-corrected chi connectivity index (χ4v) is 7.08. The Morgan fingerprint density at radius 3 is 2.29 bits per heavy atom. The fraction of sp³-hybridized carbons (Fsp3) is 0.424. The van der Waals surface area contributed by atoms with E-state index in [0.717, 1.165) is 5.69 Å². The van der Waals surface area contributed by atoms with Crippen LogP contribution in [0.3, 0.4) is 0 Å². The number of rotatable bonds is 7. The predicted octanol–water partition coefficient (Wildman–Crippen LogP) is 3.19. The van der Waals surface area contributed by atoms with Gasteiger partial charge in [0.05, 0.1) is 37.7 Å². The highest BCUT2D eigenvalue weighted by atomic mass is 16.5. The maximum absolute atomic E-state index is 14.6. The Bertz CT molecular complexity index is 1410. The van der Waals surface area contributed by atoms with Gasteiger partial charge in [0.25, 0.3) is 5.91 Å². The maximum atomic E-state index is 14.6. The SMILES string of the molecule is CC[C@H](C)[C@H](CO)N1C(=O)[C@@H]2[C@@H]3C(=O)N(c4ccccc4)CC=C[C@@H]3O[C@@]23C=CCN(c2ccc(OC)cc2)C(=O)C13. The molecule has 1 spiro atoms. The molecule has 0 aliphatic carbocycles. The number of hydrogen-bond donors (Lipinski definition) is 1. The standard InChI is InChI=1S/C33H37N3O6/c1-4-21(2)25(20-37)36-29-32(40)35(23-13-15-24(41-3)16-14-23)19-9-17-33(29)28(31(36)39)27-26(42-33)12-8-18-34(30(27)38)22-10-6-5-7-11-22/h5-17,21,25-29,37H,4,18-20H2,1-3H3/t21-,25-,26-,27+,28-,29?,33-/m0/s1. The summed E-state index contributed by atoms with van der Waals surface area (Å²) in [5, 5.41) is 10.6. The van der Waals surface area contributed by atoms with Crippen LogP contribution in [0.25, 0.3) is 0 Å². The van der Waals surface area contributed by atoms with E-state index in [0.29, 0.717) is 24.4 Å². The molecule has 1 unspecified atom stereocenters. The van der Waals surface area contributed by atoms with Gasteiger partial charge in [-0.1, -0.05) is 62.8 Å². The monoisotopic (exact) mass is 571 g/mol. The number of benzene rings is 2. The number of ether oxygens (including phenoxy) is 2. The van der Waals surface area contributed by atoms with Gasteiger partial charge in [0.15, 0.2) is 0 Å². The third-order valence-corrected chi connectivity index (χ3v) is 9.39. The molecule has 220 valence electrons. The molecule has 2 aromatic rings. The number of carbonyl (C=O) groups excluding carboxylic acids is 3. The van der Waals surface area contributed by atoms with Crippen LogP contribution in [0.1, 0.15) is 20.3 Å². The van der Waals surface area contributed by atoms with Crippen molar-refractivity contribution in [3.05, 3.63) is 78.9 Å². The van der Waals surface area contributed by atoms with Gasteiger partial charge in [-0.2, -0.15) is 0 Å². The quantitative estimate of drug-likeness (QED) is 0.513. The molecule has 9 heteroatoms. The second-order valence-electron chi connectivity index (χ2n) is 11.5. The molecule has 4 aliphatic rings. The number of aliphatic hydroxyl groups excluding tert-OH is 1. The van der Waals surface area contributed by atoms with E-state index in [-0.39, 0.29) is 36.8 Å². The molecule has 6 rings (SSSR count). The van der Waals surface area contributed by atoms with Crippen molar-refractivity contribution in [2.45, 2.75) is 44.1 Å². The predicted molar refractivity (Wildman–Crippen MR) is 158 cm³/mol. The van der Waals surface area contributed by atoms with Crippen LogP contribution >= 0.6 is 0 Å². The highest BCUT2D eigenvalue weighted by molar-refractivity contribution is 6.07. The molecule has 4 aliphatic heterocycles. The number of methoxy groups -OCH3 is 1. The molecular weight excluding hydrogens is 534 g/mol. The van der Waals surface area contributed by atoms with Gasteiger partial charge in [0.1, 0.15) is 17.4 Å². The van der Waals surface area contributed by atoms with Crippen molar-refractivity contribution >= 4 is 29.1 Å². The van der Waals surface area contributed by atoms with Gasteiger partial charge >= 0.3 is 0 Å². The number of aliphatic hydroxyl groups is 1. The number of fused-ring (bicyclic) bond motifs is 2. The van der Waals surface area contributed by atoms with Crippen LogP contribution in [0.2, 0.25) is 0 Å². The van der Waals surface area contributed by atoms with Gasteiger partial charge in [-0.3, -0.25) is 14.4 Å². The molecule has 2 aromatic carbocycles. The van der Waals surface area contributed by atoms with E-state index in [1.54, 1.807) is 29.0 Å². The van der Waals surface area contributed by atoms with Crippen molar-refractivity contribution in [1.82, 2.24) is 4.90 Å². The molecule has 2 fully saturated rings. The molecule has 0 bridgehead atoms. The number of carbonyl (C=O) groups is 3. The summed E-state index contributed by atoms with van der Waals surface area (Å²) >= 11 is 0. The highest BCUT2D eigenvalue weighted by Crippen LogP contribution is 2.54. The number of para-hydroxylation sites is 1. The molecule has 0 radical (unpaired) electrons. The zero-order valence-electron chi connectivity index (χ0n) is 24.1. The second-order valence-corrected chi connectivity index (χ2v) is 11.5. The number of likely N-dealkylation sites (tertiary alicyclic amines) is 1. The Hall–Kier alpha value is -3.95. The highest BCUT2D eigenvalue weighted by Gasteiger charge is 2.72. The average molecular weight is 572 g/mol. The first-order valence-corrected chi connectivity index (χ1v) is 14.6. The Morgan fingerprint density at radius 1 is 0.952 bits per heavy atom. The van der Waals surface area contributed by atoms with Crippen LogP contribution in [-0.2, 0) is 19.1 Å². The Morgan fingerprint density at radius 2 is 1.62 bits per heavy atom.